The molecule has 1 aromatic heterocycles. The highest BCUT2D eigenvalue weighted by Crippen LogP contribution is 2.22. The zero-order chi connectivity index (χ0) is 17.8. The van der Waals surface area contributed by atoms with Crippen LogP contribution in [0.2, 0.25) is 0 Å². The van der Waals surface area contributed by atoms with Crippen molar-refractivity contribution < 1.29 is 9.90 Å². The fourth-order valence-electron chi connectivity index (χ4n) is 3.06. The van der Waals surface area contributed by atoms with Crippen LogP contribution in [0.4, 0.5) is 4.79 Å². The molecule has 25 heavy (non-hydrogen) atoms. The van der Waals surface area contributed by atoms with Crippen LogP contribution in [0, 0.1) is 6.92 Å². The summed E-state index contributed by atoms with van der Waals surface area (Å²) >= 11 is 0. The molecule has 3 aromatic rings. The van der Waals surface area contributed by atoms with Crippen molar-refractivity contribution in [3.63, 3.8) is 0 Å². The highest BCUT2D eigenvalue weighted by Gasteiger charge is 2.11. The van der Waals surface area contributed by atoms with E-state index in [0.717, 1.165) is 17.5 Å². The predicted molar refractivity (Wildman–Crippen MR) is 99.7 cm³/mol. The van der Waals surface area contributed by atoms with Crippen LogP contribution in [0.25, 0.3) is 10.9 Å². The Hall–Kier alpha value is -2.95. The van der Waals surface area contributed by atoms with E-state index in [2.05, 4.69) is 29.4 Å². The fraction of sp³-hybridized carbons (Fsp3) is 0.250. The van der Waals surface area contributed by atoms with Crippen LogP contribution in [0.5, 0.6) is 5.75 Å². The van der Waals surface area contributed by atoms with Crippen molar-refractivity contribution in [3.05, 3.63) is 65.4 Å². The van der Waals surface area contributed by atoms with E-state index in [1.54, 1.807) is 24.1 Å². The summed E-state index contributed by atoms with van der Waals surface area (Å²) in [5, 5.41) is 14.0. The molecule has 0 spiro atoms. The number of phenols is 1. The number of carbonyl (C=O) groups is 1. The monoisotopic (exact) mass is 337 g/mol. The van der Waals surface area contributed by atoms with Crippen molar-refractivity contribution >= 4 is 16.9 Å². The van der Waals surface area contributed by atoms with Crippen LogP contribution in [0.3, 0.4) is 0 Å². The van der Waals surface area contributed by atoms with Crippen molar-refractivity contribution in [2.24, 2.45) is 0 Å². The van der Waals surface area contributed by atoms with E-state index in [0.29, 0.717) is 13.1 Å². The maximum atomic E-state index is 12.2. The van der Waals surface area contributed by atoms with Gasteiger partial charge in [0.15, 0.2) is 0 Å². The molecule has 0 aliphatic carbocycles. The number of urea groups is 1. The number of hydrogen-bond donors (Lipinski definition) is 3. The first kappa shape index (κ1) is 16.9. The van der Waals surface area contributed by atoms with Gasteiger partial charge in [-0.1, -0.05) is 30.3 Å². The number of para-hydroxylation sites is 1. The average molecular weight is 337 g/mol. The number of H-pyrrole nitrogens is 1. The Balaban J connectivity index is 1.56. The van der Waals surface area contributed by atoms with Crippen LogP contribution in [-0.4, -0.2) is 34.6 Å². The molecule has 2 amide bonds. The third-order valence-electron chi connectivity index (χ3n) is 4.41. The molecule has 0 fully saturated rings. The Kier molecular flexibility index (Phi) is 4.93. The smallest absolute Gasteiger partial charge is 0.317 e. The summed E-state index contributed by atoms with van der Waals surface area (Å²) in [6, 6.07) is 13.1. The van der Waals surface area contributed by atoms with E-state index in [1.165, 1.54) is 16.5 Å². The molecule has 3 N–H and O–H groups in total. The van der Waals surface area contributed by atoms with Gasteiger partial charge in [0.25, 0.3) is 0 Å². The van der Waals surface area contributed by atoms with Gasteiger partial charge in [-0.05, 0) is 36.6 Å². The number of amides is 2. The molecule has 0 atom stereocenters. The molecule has 0 aliphatic rings. The topological polar surface area (TPSA) is 68.4 Å². The number of aromatic nitrogens is 1. The number of rotatable bonds is 5. The molecule has 5 nitrogen and oxygen atoms in total. The molecule has 0 saturated heterocycles. The van der Waals surface area contributed by atoms with E-state index >= 15 is 0 Å². The van der Waals surface area contributed by atoms with Crippen molar-refractivity contribution in [2.45, 2.75) is 19.9 Å². The van der Waals surface area contributed by atoms with Crippen LogP contribution in [-0.2, 0) is 13.0 Å². The minimum absolute atomic E-state index is 0.153. The molecule has 0 bridgehead atoms. The van der Waals surface area contributed by atoms with Gasteiger partial charge < -0.3 is 20.3 Å². The zero-order valence-electron chi connectivity index (χ0n) is 14.5. The number of aryl methyl sites for hydroxylation is 1. The van der Waals surface area contributed by atoms with E-state index in [1.807, 2.05) is 24.4 Å². The lowest BCUT2D eigenvalue weighted by atomic mass is 10.1. The van der Waals surface area contributed by atoms with Gasteiger partial charge in [-0.3, -0.25) is 0 Å². The number of carbonyl (C=O) groups excluding carboxylic acids is 1. The largest absolute Gasteiger partial charge is 0.508 e. The van der Waals surface area contributed by atoms with Gasteiger partial charge in [-0.2, -0.15) is 0 Å². The van der Waals surface area contributed by atoms with Crippen LogP contribution in [0.1, 0.15) is 16.7 Å². The third-order valence-corrected chi connectivity index (χ3v) is 4.41. The summed E-state index contributed by atoms with van der Waals surface area (Å²) in [4.78, 5) is 17.1. The summed E-state index contributed by atoms with van der Waals surface area (Å²) in [6.07, 6.45) is 2.77. The Bertz CT molecular complexity index is 886. The number of nitrogens with one attached hydrogen (secondary N) is 2. The Labute approximate surface area is 147 Å². The molecule has 0 saturated carbocycles. The minimum atomic E-state index is -0.153. The molecule has 0 aliphatic heterocycles. The summed E-state index contributed by atoms with van der Waals surface area (Å²) in [6.45, 7) is 3.02. The fourth-order valence-corrected chi connectivity index (χ4v) is 3.06. The first-order chi connectivity index (χ1) is 12.1. The Morgan fingerprint density at radius 2 is 1.96 bits per heavy atom. The van der Waals surface area contributed by atoms with Gasteiger partial charge in [0.1, 0.15) is 5.75 Å². The molecular weight excluding hydrogens is 314 g/mol. The summed E-state index contributed by atoms with van der Waals surface area (Å²) < 4.78 is 0. The molecular formula is C20H23N3O2. The summed E-state index contributed by atoms with van der Waals surface area (Å²) in [7, 11) is 1.72. The molecule has 5 heteroatoms. The quantitative estimate of drug-likeness (QED) is 0.666. The molecule has 1 heterocycles. The number of nitrogens with zero attached hydrogens (tertiary/aromatic N) is 1. The first-order valence-electron chi connectivity index (χ1n) is 8.37. The van der Waals surface area contributed by atoms with Gasteiger partial charge in [0.2, 0.25) is 0 Å². The number of benzene rings is 2. The first-order valence-corrected chi connectivity index (χ1v) is 8.37. The Morgan fingerprint density at radius 1 is 1.16 bits per heavy atom. The standard InChI is InChI=1S/C20H23N3O2/c1-14-6-5-8-17-19(14)15(12-22-17)10-11-21-20(25)23(2)13-16-7-3-4-9-18(16)24/h3-9,12,22,24H,10-11,13H2,1-2H3,(H,21,25). The van der Waals surface area contributed by atoms with Crippen molar-refractivity contribution in [3.8, 4) is 5.75 Å². The highest BCUT2D eigenvalue weighted by atomic mass is 16.3. The highest BCUT2D eigenvalue weighted by molar-refractivity contribution is 5.86. The van der Waals surface area contributed by atoms with E-state index in [9.17, 15) is 9.90 Å². The van der Waals surface area contributed by atoms with Gasteiger partial charge in [-0.15, -0.1) is 0 Å². The van der Waals surface area contributed by atoms with Crippen molar-refractivity contribution in [1.82, 2.24) is 15.2 Å². The third kappa shape index (κ3) is 3.76. The Morgan fingerprint density at radius 3 is 2.76 bits per heavy atom. The zero-order valence-corrected chi connectivity index (χ0v) is 14.5. The number of fused-ring (bicyclic) bond motifs is 1. The lowest BCUT2D eigenvalue weighted by molar-refractivity contribution is 0.206. The maximum absolute atomic E-state index is 12.2. The second-order valence-electron chi connectivity index (χ2n) is 6.28. The number of aromatic amines is 1. The molecule has 0 radical (unpaired) electrons. The minimum Gasteiger partial charge on any atom is -0.508 e. The molecule has 0 unspecified atom stereocenters. The number of aromatic hydroxyl groups is 1. The van der Waals surface area contributed by atoms with Gasteiger partial charge in [-0.25, -0.2) is 4.79 Å². The van der Waals surface area contributed by atoms with E-state index < -0.39 is 0 Å². The lowest BCUT2D eigenvalue weighted by Gasteiger charge is -2.18. The SMILES string of the molecule is Cc1cccc2[nH]cc(CCNC(=O)N(C)Cc3ccccc3O)c12. The van der Waals surface area contributed by atoms with Gasteiger partial charge in [0.05, 0.1) is 6.54 Å². The summed E-state index contributed by atoms with van der Waals surface area (Å²) in [5.41, 5.74) is 4.29. The van der Waals surface area contributed by atoms with E-state index in [4.69, 9.17) is 0 Å². The van der Waals surface area contributed by atoms with Crippen LogP contribution >= 0.6 is 0 Å². The maximum Gasteiger partial charge on any atom is 0.317 e. The van der Waals surface area contributed by atoms with Crippen LogP contribution < -0.4 is 5.32 Å². The summed E-state index contributed by atoms with van der Waals surface area (Å²) in [5.74, 6) is 0.205. The molecule has 2 aromatic carbocycles. The normalized spacial score (nSPS) is 10.8. The van der Waals surface area contributed by atoms with Crippen LogP contribution in [0.15, 0.2) is 48.7 Å². The second-order valence-corrected chi connectivity index (χ2v) is 6.28. The van der Waals surface area contributed by atoms with E-state index in [-0.39, 0.29) is 11.8 Å². The molecule has 130 valence electrons. The predicted octanol–water partition coefficient (Wildman–Crippen LogP) is 3.57. The average Bonchev–Trinajstić information content (AvgIpc) is 3.01. The second kappa shape index (κ2) is 7.30. The van der Waals surface area contributed by atoms with Gasteiger partial charge in [0, 0.05) is 36.3 Å². The van der Waals surface area contributed by atoms with Crippen molar-refractivity contribution in [2.75, 3.05) is 13.6 Å². The van der Waals surface area contributed by atoms with Crippen molar-refractivity contribution in [1.29, 1.82) is 0 Å². The number of phenolic OH excluding ortho intramolecular Hbond substituents is 1. The number of hydrogen-bond acceptors (Lipinski definition) is 2. The lowest BCUT2D eigenvalue weighted by Crippen LogP contribution is -2.37. The molecule has 3 rings (SSSR count). The van der Waals surface area contributed by atoms with Gasteiger partial charge >= 0.3 is 6.03 Å².